The highest BCUT2D eigenvalue weighted by Crippen LogP contribution is 2.36. The molecule has 178 valence electrons. The zero-order valence-corrected chi connectivity index (χ0v) is 19.8. The summed E-state index contributed by atoms with van der Waals surface area (Å²) < 4.78 is 24.9. The molecular weight excluding hydrogens is 450 g/mol. The maximum absolute atomic E-state index is 13.4. The minimum absolute atomic E-state index is 0.0210. The summed E-state index contributed by atoms with van der Waals surface area (Å²) in [4.78, 5) is 20.0. The van der Waals surface area contributed by atoms with Crippen LogP contribution in [-0.4, -0.2) is 47.1 Å². The summed E-state index contributed by atoms with van der Waals surface area (Å²) in [6.07, 6.45) is 6.53. The van der Waals surface area contributed by atoms with Crippen molar-refractivity contribution in [3.8, 4) is 5.69 Å². The van der Waals surface area contributed by atoms with E-state index in [-0.39, 0.29) is 16.6 Å². The van der Waals surface area contributed by atoms with Gasteiger partial charge in [0, 0.05) is 19.5 Å². The predicted octanol–water partition coefficient (Wildman–Crippen LogP) is 3.16. The van der Waals surface area contributed by atoms with Crippen LogP contribution < -0.4 is 5.14 Å². The average molecular weight is 480 g/mol. The van der Waals surface area contributed by atoms with E-state index in [1.807, 2.05) is 35.2 Å². The number of carbonyl (C=O) groups is 1. The topological polar surface area (TPSA) is 111 Å². The molecule has 34 heavy (non-hydrogen) atoms. The van der Waals surface area contributed by atoms with E-state index in [9.17, 15) is 13.2 Å². The zero-order valence-electron chi connectivity index (χ0n) is 19.0. The number of aromatic nitrogens is 3. The van der Waals surface area contributed by atoms with Crippen molar-refractivity contribution in [3.63, 3.8) is 0 Å². The van der Waals surface area contributed by atoms with Gasteiger partial charge in [-0.15, -0.1) is 5.10 Å². The van der Waals surface area contributed by atoms with E-state index in [2.05, 4.69) is 10.1 Å². The first-order chi connectivity index (χ1) is 16.4. The molecular formula is C25H29N5O3S. The van der Waals surface area contributed by atoms with Gasteiger partial charge in [-0.05, 0) is 54.5 Å². The number of likely N-dealkylation sites (tertiary alicyclic amines) is 1. The number of primary sulfonamides is 1. The third-order valence-electron chi connectivity index (χ3n) is 7.06. The summed E-state index contributed by atoms with van der Waals surface area (Å²) in [5.41, 5.74) is 1.66. The summed E-state index contributed by atoms with van der Waals surface area (Å²) in [5.74, 6) is 1.96. The van der Waals surface area contributed by atoms with Crippen molar-refractivity contribution in [2.45, 2.75) is 43.4 Å². The number of hydrogen-bond donors (Lipinski definition) is 1. The molecule has 0 bridgehead atoms. The van der Waals surface area contributed by atoms with Gasteiger partial charge >= 0.3 is 0 Å². The van der Waals surface area contributed by atoms with Crippen molar-refractivity contribution in [1.82, 2.24) is 19.7 Å². The lowest BCUT2D eigenvalue weighted by atomic mass is 9.75. The molecule has 1 saturated carbocycles. The van der Waals surface area contributed by atoms with Gasteiger partial charge in [0.25, 0.3) is 5.91 Å². The van der Waals surface area contributed by atoms with Crippen molar-refractivity contribution in [3.05, 3.63) is 71.8 Å². The Balaban J connectivity index is 1.45. The standard InChI is InChI=1S/C25H29N5O3S/c26-34(32,33)22-12-10-21(11-13-22)30-23(16-18-6-2-1-3-7-18)27-24(28-30)25(31)29-15-14-19-8-4-5-9-20(19)17-29/h1-3,6-7,10-13,19-20H,4-5,8-9,14-17H2,(H2,26,32,33)/t19-,20-/m1/s1. The molecule has 2 fully saturated rings. The molecule has 0 unspecified atom stereocenters. The Labute approximate surface area is 199 Å². The first kappa shape index (κ1) is 22.7. The van der Waals surface area contributed by atoms with Crippen LogP contribution in [0.15, 0.2) is 59.5 Å². The van der Waals surface area contributed by atoms with Crippen LogP contribution in [0.4, 0.5) is 0 Å². The van der Waals surface area contributed by atoms with Gasteiger partial charge in [-0.25, -0.2) is 23.2 Å². The maximum Gasteiger partial charge on any atom is 0.293 e. The van der Waals surface area contributed by atoms with Gasteiger partial charge in [0.2, 0.25) is 15.8 Å². The Morgan fingerprint density at radius 3 is 2.38 bits per heavy atom. The monoisotopic (exact) mass is 479 g/mol. The van der Waals surface area contributed by atoms with E-state index in [0.29, 0.717) is 23.9 Å². The van der Waals surface area contributed by atoms with E-state index in [1.54, 1.807) is 16.8 Å². The average Bonchev–Trinajstić information content (AvgIpc) is 3.27. The predicted molar refractivity (Wildman–Crippen MR) is 128 cm³/mol. The summed E-state index contributed by atoms with van der Waals surface area (Å²) >= 11 is 0. The van der Waals surface area contributed by atoms with Gasteiger partial charge < -0.3 is 4.90 Å². The van der Waals surface area contributed by atoms with E-state index >= 15 is 0 Å². The quantitative estimate of drug-likeness (QED) is 0.604. The molecule has 2 aliphatic rings. The Morgan fingerprint density at radius 2 is 1.68 bits per heavy atom. The van der Waals surface area contributed by atoms with Crippen LogP contribution in [-0.2, 0) is 16.4 Å². The fourth-order valence-corrected chi connectivity index (χ4v) is 5.75. The van der Waals surface area contributed by atoms with E-state index in [0.717, 1.165) is 31.0 Å². The second-order valence-electron chi connectivity index (χ2n) is 9.31. The Kier molecular flexibility index (Phi) is 6.22. The van der Waals surface area contributed by atoms with Crippen LogP contribution in [0, 0.1) is 11.8 Å². The van der Waals surface area contributed by atoms with Crippen LogP contribution in [0.3, 0.4) is 0 Å². The number of nitrogens with two attached hydrogens (primary N) is 1. The van der Waals surface area contributed by atoms with Crippen LogP contribution in [0.5, 0.6) is 0 Å². The summed E-state index contributed by atoms with van der Waals surface area (Å²) in [5, 5.41) is 9.82. The molecule has 9 heteroatoms. The highest BCUT2D eigenvalue weighted by Gasteiger charge is 2.34. The fourth-order valence-electron chi connectivity index (χ4n) is 5.24. The molecule has 1 aliphatic carbocycles. The minimum atomic E-state index is -3.80. The molecule has 2 atom stereocenters. The number of rotatable bonds is 5. The number of nitrogens with zero attached hydrogens (tertiary/aromatic N) is 4. The lowest BCUT2D eigenvalue weighted by molar-refractivity contribution is 0.0509. The largest absolute Gasteiger partial charge is 0.336 e. The van der Waals surface area contributed by atoms with Crippen LogP contribution in [0.25, 0.3) is 5.69 Å². The number of carbonyl (C=O) groups excluding carboxylic acids is 1. The molecule has 2 heterocycles. The van der Waals surface area contributed by atoms with Crippen LogP contribution in [0.2, 0.25) is 0 Å². The van der Waals surface area contributed by atoms with E-state index in [1.165, 1.54) is 37.8 Å². The molecule has 8 nitrogen and oxygen atoms in total. The molecule has 1 aliphatic heterocycles. The molecule has 1 amide bonds. The lowest BCUT2D eigenvalue weighted by Crippen LogP contribution is -2.45. The van der Waals surface area contributed by atoms with Crippen molar-refractivity contribution in [2.24, 2.45) is 17.0 Å². The number of amides is 1. The number of hydrogen-bond acceptors (Lipinski definition) is 5. The molecule has 2 aromatic carbocycles. The molecule has 3 aromatic rings. The third-order valence-corrected chi connectivity index (χ3v) is 7.99. The SMILES string of the molecule is NS(=O)(=O)c1ccc(-n2nc(C(=O)N3CC[C@H]4CCCC[C@@H]4C3)nc2Cc2ccccc2)cc1. The Hall–Kier alpha value is -3.04. The van der Waals surface area contributed by atoms with Gasteiger partial charge in [-0.1, -0.05) is 49.6 Å². The van der Waals surface area contributed by atoms with Gasteiger partial charge in [-0.2, -0.15) is 0 Å². The van der Waals surface area contributed by atoms with Gasteiger partial charge in [-0.3, -0.25) is 4.79 Å². The van der Waals surface area contributed by atoms with E-state index in [4.69, 9.17) is 5.14 Å². The van der Waals surface area contributed by atoms with Crippen molar-refractivity contribution in [1.29, 1.82) is 0 Å². The van der Waals surface area contributed by atoms with Crippen molar-refractivity contribution < 1.29 is 13.2 Å². The second kappa shape index (κ2) is 9.31. The highest BCUT2D eigenvalue weighted by atomic mass is 32.2. The number of benzene rings is 2. The van der Waals surface area contributed by atoms with Gasteiger partial charge in [0.1, 0.15) is 5.82 Å². The minimum Gasteiger partial charge on any atom is -0.336 e. The third kappa shape index (κ3) is 4.76. The first-order valence-electron chi connectivity index (χ1n) is 11.8. The van der Waals surface area contributed by atoms with E-state index < -0.39 is 10.0 Å². The summed E-state index contributed by atoms with van der Waals surface area (Å²) in [6.45, 7) is 1.51. The van der Waals surface area contributed by atoms with Crippen LogP contribution in [0.1, 0.15) is 54.1 Å². The summed E-state index contributed by atoms with van der Waals surface area (Å²) in [7, 11) is -3.80. The fraction of sp³-hybridized carbons (Fsp3) is 0.400. The number of sulfonamides is 1. The maximum atomic E-state index is 13.4. The smallest absolute Gasteiger partial charge is 0.293 e. The molecule has 1 saturated heterocycles. The lowest BCUT2D eigenvalue weighted by Gasteiger charge is -2.40. The van der Waals surface area contributed by atoms with Crippen molar-refractivity contribution in [2.75, 3.05) is 13.1 Å². The molecule has 2 N–H and O–H groups in total. The molecule has 0 spiro atoms. The number of fused-ring (bicyclic) bond motifs is 1. The molecule has 0 radical (unpaired) electrons. The molecule has 5 rings (SSSR count). The van der Waals surface area contributed by atoms with Crippen LogP contribution >= 0.6 is 0 Å². The normalized spacial score (nSPS) is 20.7. The van der Waals surface area contributed by atoms with Gasteiger partial charge in [0.15, 0.2) is 0 Å². The number of piperidine rings is 1. The Bertz CT molecular complexity index is 1270. The highest BCUT2D eigenvalue weighted by molar-refractivity contribution is 7.89. The van der Waals surface area contributed by atoms with Gasteiger partial charge in [0.05, 0.1) is 10.6 Å². The first-order valence-corrected chi connectivity index (χ1v) is 13.4. The zero-order chi connectivity index (χ0) is 23.7. The molecule has 1 aromatic heterocycles. The van der Waals surface area contributed by atoms with Crippen molar-refractivity contribution >= 4 is 15.9 Å². The second-order valence-corrected chi connectivity index (χ2v) is 10.9. The Morgan fingerprint density at radius 1 is 0.971 bits per heavy atom. The summed E-state index contributed by atoms with van der Waals surface area (Å²) in [6, 6.07) is 16.0.